The minimum absolute atomic E-state index is 0.130. The molecule has 8 heteroatoms. The molecule has 0 radical (unpaired) electrons. The number of hydrogen-bond donors (Lipinski definition) is 2. The Morgan fingerprint density at radius 1 is 1.12 bits per heavy atom. The van der Waals surface area contributed by atoms with Gasteiger partial charge in [0.15, 0.2) is 11.5 Å². The van der Waals surface area contributed by atoms with Gasteiger partial charge < -0.3 is 20.2 Å². The van der Waals surface area contributed by atoms with Crippen LogP contribution in [0.2, 0.25) is 0 Å². The first-order valence-corrected chi connectivity index (χ1v) is 7.47. The Hall–Kier alpha value is -3.29. The van der Waals surface area contributed by atoms with Crippen molar-refractivity contribution in [1.82, 2.24) is 19.5 Å². The van der Waals surface area contributed by atoms with Gasteiger partial charge in [-0.2, -0.15) is 9.97 Å². The third kappa shape index (κ3) is 2.47. The zero-order chi connectivity index (χ0) is 16.5. The lowest BCUT2D eigenvalue weighted by atomic mass is 10.2. The SMILES string of the molecule is Nc1nc2nc3c1[nH]c(=O)n3Cc1ccccc1OCC=CCO2. The molecule has 0 amide bonds. The number of nitrogen functional groups attached to an aromatic ring is 1. The van der Waals surface area contributed by atoms with E-state index in [2.05, 4.69) is 15.0 Å². The summed E-state index contributed by atoms with van der Waals surface area (Å²) in [6.45, 7) is 0.984. The average Bonchev–Trinajstić information content (AvgIpc) is 2.89. The highest BCUT2D eigenvalue weighted by molar-refractivity contribution is 5.82. The molecule has 8 nitrogen and oxygen atoms in total. The van der Waals surface area contributed by atoms with E-state index in [0.29, 0.717) is 30.1 Å². The zero-order valence-electron chi connectivity index (χ0n) is 12.7. The lowest BCUT2D eigenvalue weighted by molar-refractivity contribution is 0.330. The number of para-hydroxylation sites is 1. The van der Waals surface area contributed by atoms with E-state index in [1.807, 2.05) is 36.4 Å². The highest BCUT2D eigenvalue weighted by Crippen LogP contribution is 2.22. The summed E-state index contributed by atoms with van der Waals surface area (Å²) < 4.78 is 12.7. The number of H-pyrrole nitrogens is 1. The first-order chi connectivity index (χ1) is 11.7. The van der Waals surface area contributed by atoms with Crippen molar-refractivity contribution < 1.29 is 9.47 Å². The van der Waals surface area contributed by atoms with Gasteiger partial charge in [0.05, 0.1) is 6.54 Å². The number of hydrogen-bond acceptors (Lipinski definition) is 6. The van der Waals surface area contributed by atoms with Gasteiger partial charge in [0.2, 0.25) is 0 Å². The van der Waals surface area contributed by atoms with Gasteiger partial charge in [0, 0.05) is 5.56 Å². The Morgan fingerprint density at radius 3 is 2.79 bits per heavy atom. The van der Waals surface area contributed by atoms with Gasteiger partial charge in [0.1, 0.15) is 24.5 Å². The normalized spacial score (nSPS) is 14.2. The van der Waals surface area contributed by atoms with Gasteiger partial charge in [-0.15, -0.1) is 0 Å². The number of aromatic amines is 1. The summed E-state index contributed by atoms with van der Waals surface area (Å²) in [5.74, 6) is 0.889. The molecule has 1 aliphatic rings. The third-order valence-corrected chi connectivity index (χ3v) is 3.74. The zero-order valence-corrected chi connectivity index (χ0v) is 12.7. The maximum atomic E-state index is 12.3. The molecule has 0 atom stereocenters. The summed E-state index contributed by atoms with van der Waals surface area (Å²) >= 11 is 0. The summed E-state index contributed by atoms with van der Waals surface area (Å²) in [5, 5.41) is 0. The topological polar surface area (TPSA) is 108 Å². The predicted molar refractivity (Wildman–Crippen MR) is 88.2 cm³/mol. The second-order valence-corrected chi connectivity index (χ2v) is 5.31. The predicted octanol–water partition coefficient (Wildman–Crippen LogP) is 1.08. The summed E-state index contributed by atoms with van der Waals surface area (Å²) in [6, 6.07) is 7.69. The summed E-state index contributed by atoms with van der Waals surface area (Å²) in [7, 11) is 0. The molecule has 3 N–H and O–H groups in total. The van der Waals surface area contributed by atoms with Crippen molar-refractivity contribution in [2.75, 3.05) is 18.9 Å². The van der Waals surface area contributed by atoms with Crippen LogP contribution < -0.4 is 20.9 Å². The lowest BCUT2D eigenvalue weighted by Crippen LogP contribution is -2.18. The molecule has 0 saturated carbocycles. The number of fused-ring (bicyclic) bond motifs is 2. The van der Waals surface area contributed by atoms with Crippen molar-refractivity contribution in [1.29, 1.82) is 0 Å². The smallest absolute Gasteiger partial charge is 0.328 e. The van der Waals surface area contributed by atoms with Crippen molar-refractivity contribution in [2.24, 2.45) is 0 Å². The van der Waals surface area contributed by atoms with E-state index in [1.165, 1.54) is 4.57 Å². The van der Waals surface area contributed by atoms with Crippen LogP contribution in [-0.2, 0) is 6.54 Å². The Labute approximate surface area is 136 Å². The molecule has 2 bridgehead atoms. The molecule has 0 saturated heterocycles. The number of benzene rings is 1. The minimum Gasteiger partial charge on any atom is -0.489 e. The Balaban J connectivity index is 1.92. The van der Waals surface area contributed by atoms with Crippen molar-refractivity contribution in [2.45, 2.75) is 6.54 Å². The molecule has 1 aromatic carbocycles. The molecular formula is C16H15N5O3. The van der Waals surface area contributed by atoms with Crippen molar-refractivity contribution in [3.8, 4) is 11.8 Å². The Kier molecular flexibility index (Phi) is 3.42. The van der Waals surface area contributed by atoms with Crippen LogP contribution in [0.3, 0.4) is 0 Å². The lowest BCUT2D eigenvalue weighted by Gasteiger charge is -2.10. The number of imidazole rings is 1. The maximum Gasteiger partial charge on any atom is 0.328 e. The van der Waals surface area contributed by atoms with Gasteiger partial charge in [-0.3, -0.25) is 4.57 Å². The number of nitrogens with two attached hydrogens (primary N) is 1. The number of nitrogens with one attached hydrogen (secondary N) is 1. The Bertz CT molecular complexity index is 989. The largest absolute Gasteiger partial charge is 0.489 e. The van der Waals surface area contributed by atoms with Gasteiger partial charge in [-0.25, -0.2) is 4.79 Å². The molecule has 0 fully saturated rings. The van der Waals surface area contributed by atoms with E-state index in [4.69, 9.17) is 15.2 Å². The van der Waals surface area contributed by atoms with Crippen LogP contribution in [0, 0.1) is 0 Å². The van der Waals surface area contributed by atoms with E-state index in [0.717, 1.165) is 5.56 Å². The average molecular weight is 325 g/mol. The molecule has 0 unspecified atom stereocenters. The highest BCUT2D eigenvalue weighted by Gasteiger charge is 2.16. The fourth-order valence-corrected chi connectivity index (χ4v) is 2.58. The van der Waals surface area contributed by atoms with Crippen molar-refractivity contribution >= 4 is 17.0 Å². The van der Waals surface area contributed by atoms with E-state index in [1.54, 1.807) is 0 Å². The fourth-order valence-electron chi connectivity index (χ4n) is 2.58. The van der Waals surface area contributed by atoms with Crippen LogP contribution >= 0.6 is 0 Å². The fraction of sp³-hybridized carbons (Fsp3) is 0.188. The van der Waals surface area contributed by atoms with E-state index >= 15 is 0 Å². The van der Waals surface area contributed by atoms with Crippen LogP contribution in [0.15, 0.2) is 41.2 Å². The number of aromatic nitrogens is 4. The summed E-state index contributed by atoms with van der Waals surface area (Å²) in [6.07, 6.45) is 3.66. The quantitative estimate of drug-likeness (QED) is 0.599. The molecular weight excluding hydrogens is 310 g/mol. The van der Waals surface area contributed by atoms with Gasteiger partial charge in [0.25, 0.3) is 0 Å². The summed E-state index contributed by atoms with van der Waals surface area (Å²) in [4.78, 5) is 23.4. The molecule has 0 spiro atoms. The molecule has 3 heterocycles. The van der Waals surface area contributed by atoms with Crippen LogP contribution in [0.25, 0.3) is 11.2 Å². The third-order valence-electron chi connectivity index (χ3n) is 3.74. The van der Waals surface area contributed by atoms with Crippen molar-refractivity contribution in [3.05, 3.63) is 52.5 Å². The monoisotopic (exact) mass is 325 g/mol. The Morgan fingerprint density at radius 2 is 1.92 bits per heavy atom. The van der Waals surface area contributed by atoms with Crippen LogP contribution in [0.4, 0.5) is 5.82 Å². The van der Waals surface area contributed by atoms with Crippen LogP contribution in [-0.4, -0.2) is 32.7 Å². The number of nitrogens with zero attached hydrogens (tertiary/aromatic N) is 3. The van der Waals surface area contributed by atoms with Gasteiger partial charge in [-0.05, 0) is 18.2 Å². The summed E-state index contributed by atoms with van der Waals surface area (Å²) in [5.41, 5.74) is 7.28. The standard InChI is InChI=1S/C16H15N5O3/c17-13-12-14-20-15(19-13)24-8-4-3-7-23-11-6-2-1-5-10(11)9-21(14)16(22)18-12/h1-6H,7-9H2,(H,18,22)(H2,17,19,20). The van der Waals surface area contributed by atoms with E-state index < -0.39 is 0 Å². The van der Waals surface area contributed by atoms with E-state index in [-0.39, 0.29) is 24.1 Å². The van der Waals surface area contributed by atoms with Gasteiger partial charge in [-0.1, -0.05) is 18.2 Å². The first kappa shape index (κ1) is 14.3. The van der Waals surface area contributed by atoms with Crippen molar-refractivity contribution in [3.63, 3.8) is 0 Å². The maximum absolute atomic E-state index is 12.3. The molecule has 4 rings (SSSR count). The molecule has 1 aliphatic heterocycles. The molecule has 0 aliphatic carbocycles. The molecule has 2 aromatic heterocycles. The molecule has 3 aromatic rings. The number of anilines is 1. The van der Waals surface area contributed by atoms with Crippen LogP contribution in [0.5, 0.6) is 11.8 Å². The molecule has 24 heavy (non-hydrogen) atoms. The van der Waals surface area contributed by atoms with Crippen LogP contribution in [0.1, 0.15) is 5.56 Å². The first-order valence-electron chi connectivity index (χ1n) is 7.47. The number of ether oxygens (including phenoxy) is 2. The molecule has 122 valence electrons. The second kappa shape index (κ2) is 5.73. The number of rotatable bonds is 0. The second-order valence-electron chi connectivity index (χ2n) is 5.31. The highest BCUT2D eigenvalue weighted by atomic mass is 16.5. The van der Waals surface area contributed by atoms with E-state index in [9.17, 15) is 4.79 Å². The minimum atomic E-state index is -0.314. The van der Waals surface area contributed by atoms with Gasteiger partial charge >= 0.3 is 11.7 Å².